The van der Waals surface area contributed by atoms with Gasteiger partial charge in [0.15, 0.2) is 11.5 Å². The highest BCUT2D eigenvalue weighted by molar-refractivity contribution is 7.53. The lowest BCUT2D eigenvalue weighted by molar-refractivity contribution is 0.108. The van der Waals surface area contributed by atoms with Crippen molar-refractivity contribution in [1.29, 1.82) is 4.78 Å². The van der Waals surface area contributed by atoms with Crippen LogP contribution in [0.1, 0.15) is 10.4 Å². The van der Waals surface area contributed by atoms with Gasteiger partial charge in [-0.1, -0.05) is 30.3 Å². The Bertz CT molecular complexity index is 283. The molecule has 3 nitrogen and oxygen atoms in total. The zero-order valence-electron chi connectivity index (χ0n) is 5.99. The second-order valence-electron chi connectivity index (χ2n) is 1.72. The Morgan fingerprint density at radius 2 is 1.75 bits per heavy atom. The van der Waals surface area contributed by atoms with Gasteiger partial charge in [-0.05, 0) is 11.6 Å². The molecule has 0 atom stereocenters. The van der Waals surface area contributed by atoms with Crippen LogP contribution in [0.2, 0.25) is 0 Å². The topological polar surface area (TPSA) is 58.0 Å². The standard InChI is InChI=1S/C7H5ClO.HNOS/c8-7(9)6-4-2-1-3-5-6;1-3-2/h1-5H;1H. The van der Waals surface area contributed by atoms with E-state index < -0.39 is 5.24 Å². The van der Waals surface area contributed by atoms with Crippen LogP contribution in [0.5, 0.6) is 0 Å². The van der Waals surface area contributed by atoms with Gasteiger partial charge in [0.2, 0.25) is 0 Å². The minimum absolute atomic E-state index is 0.250. The number of benzene rings is 1. The van der Waals surface area contributed by atoms with Crippen LogP contribution in [0.15, 0.2) is 30.3 Å². The first-order valence-corrected chi connectivity index (χ1v) is 4.04. The lowest BCUT2D eigenvalue weighted by atomic mass is 10.2. The van der Waals surface area contributed by atoms with Crippen molar-refractivity contribution < 1.29 is 9.00 Å². The first-order chi connectivity index (χ1) is 5.72. The molecule has 0 spiro atoms. The van der Waals surface area contributed by atoms with Crippen molar-refractivity contribution in [3.05, 3.63) is 35.9 Å². The number of hydrogen-bond acceptors (Lipinski definition) is 3. The molecule has 0 aliphatic carbocycles. The van der Waals surface area contributed by atoms with Crippen molar-refractivity contribution in [2.75, 3.05) is 0 Å². The largest absolute Gasteiger partial charge is 0.276 e. The third kappa shape index (κ3) is 4.76. The van der Waals surface area contributed by atoms with E-state index in [0.717, 1.165) is 0 Å². The van der Waals surface area contributed by atoms with Crippen LogP contribution < -0.4 is 0 Å². The predicted octanol–water partition coefficient (Wildman–Crippen LogP) is 2.03. The van der Waals surface area contributed by atoms with Gasteiger partial charge in [0.1, 0.15) is 0 Å². The van der Waals surface area contributed by atoms with Gasteiger partial charge in [-0.15, -0.1) is 0 Å². The first kappa shape index (κ1) is 11.0. The summed E-state index contributed by atoms with van der Waals surface area (Å²) >= 11 is 4.91. The third-order valence-corrected chi connectivity index (χ3v) is 1.22. The van der Waals surface area contributed by atoms with Gasteiger partial charge in [-0.3, -0.25) is 4.79 Å². The van der Waals surface area contributed by atoms with E-state index in [0.29, 0.717) is 5.56 Å². The Morgan fingerprint density at radius 1 is 1.33 bits per heavy atom. The first-order valence-electron chi connectivity index (χ1n) is 2.92. The highest BCUT2D eigenvalue weighted by Crippen LogP contribution is 2.01. The number of carbonyl (C=O) groups is 1. The highest BCUT2D eigenvalue weighted by atomic mass is 35.5. The summed E-state index contributed by atoms with van der Waals surface area (Å²) in [6.45, 7) is 0. The normalized spacial score (nSPS) is 7.75. The molecule has 0 heterocycles. The Balaban J connectivity index is 0.000000354. The molecule has 1 rings (SSSR count). The molecule has 1 aromatic rings. The number of nitrogens with one attached hydrogen (secondary N) is 1. The van der Waals surface area contributed by atoms with Crippen molar-refractivity contribution in [2.24, 2.45) is 0 Å². The second-order valence-corrected chi connectivity index (χ2v) is 2.23. The Kier molecular flexibility index (Phi) is 6.14. The molecule has 12 heavy (non-hydrogen) atoms. The van der Waals surface area contributed by atoms with E-state index in [1.807, 2.05) is 6.07 Å². The lowest BCUT2D eigenvalue weighted by Crippen LogP contribution is -1.84. The van der Waals surface area contributed by atoms with Gasteiger partial charge in [0.05, 0.1) is 0 Å². The molecular formula is C7H6ClNO2S. The summed E-state index contributed by atoms with van der Waals surface area (Å²) in [4.78, 5) is 10.4. The fraction of sp³-hybridized carbons (Fsp3) is 0. The smallest absolute Gasteiger partial charge is 0.252 e. The summed E-state index contributed by atoms with van der Waals surface area (Å²) in [7, 11) is 0. The van der Waals surface area contributed by atoms with Crippen molar-refractivity contribution in [2.45, 2.75) is 0 Å². The monoisotopic (exact) mass is 203 g/mol. The van der Waals surface area contributed by atoms with E-state index >= 15 is 0 Å². The minimum Gasteiger partial charge on any atom is -0.276 e. The molecule has 0 aromatic heterocycles. The Morgan fingerprint density at radius 3 is 2.00 bits per heavy atom. The van der Waals surface area contributed by atoms with Crippen LogP contribution in [-0.2, 0) is 11.5 Å². The molecule has 0 aliphatic heterocycles. The number of rotatable bonds is 1. The van der Waals surface area contributed by atoms with Crippen molar-refractivity contribution in [3.8, 4) is 0 Å². The lowest BCUT2D eigenvalue weighted by Gasteiger charge is -1.87. The zero-order chi connectivity index (χ0) is 9.40. The average Bonchev–Trinajstić information content (AvgIpc) is 2.07. The molecule has 1 N–H and O–H groups in total. The van der Waals surface area contributed by atoms with Crippen LogP contribution in [0.25, 0.3) is 0 Å². The third-order valence-electron chi connectivity index (χ3n) is 1.00. The van der Waals surface area contributed by atoms with Gasteiger partial charge in [0, 0.05) is 5.56 Å². The molecule has 64 valence electrons. The Labute approximate surface area is 78.4 Å². The maximum absolute atomic E-state index is 10.4. The van der Waals surface area contributed by atoms with E-state index in [2.05, 4.69) is 0 Å². The van der Waals surface area contributed by atoms with Crippen LogP contribution in [0.4, 0.5) is 0 Å². The van der Waals surface area contributed by atoms with Crippen molar-refractivity contribution >= 4 is 28.3 Å². The van der Waals surface area contributed by atoms with Crippen molar-refractivity contribution in [3.63, 3.8) is 0 Å². The maximum Gasteiger partial charge on any atom is 0.252 e. The summed E-state index contributed by atoms with van der Waals surface area (Å²) < 4.78 is 14.1. The summed E-state index contributed by atoms with van der Waals surface area (Å²) in [5.74, 6) is 0. The Hall–Kier alpha value is -1.00. The summed E-state index contributed by atoms with van der Waals surface area (Å²) in [5, 5.41) is -0.407. The molecule has 0 radical (unpaired) electrons. The van der Waals surface area contributed by atoms with E-state index in [4.69, 9.17) is 20.6 Å². The summed E-state index contributed by atoms with van der Waals surface area (Å²) in [6.07, 6.45) is 0. The molecule has 5 heteroatoms. The maximum atomic E-state index is 10.4. The molecule has 0 fully saturated rings. The predicted molar refractivity (Wildman–Crippen MR) is 47.5 cm³/mol. The SMILES string of the molecule is N=S=O.O=C(Cl)c1ccccc1. The zero-order valence-corrected chi connectivity index (χ0v) is 7.56. The van der Waals surface area contributed by atoms with E-state index in [9.17, 15) is 4.79 Å². The molecule has 0 saturated carbocycles. The van der Waals surface area contributed by atoms with Gasteiger partial charge in [0.25, 0.3) is 5.24 Å². The average molecular weight is 204 g/mol. The molecule has 0 bridgehead atoms. The fourth-order valence-corrected chi connectivity index (χ4v) is 0.695. The van der Waals surface area contributed by atoms with Gasteiger partial charge >= 0.3 is 0 Å². The van der Waals surface area contributed by atoms with Crippen LogP contribution in [-0.4, -0.2) is 9.45 Å². The van der Waals surface area contributed by atoms with Crippen LogP contribution in [0, 0.1) is 4.78 Å². The number of halogens is 1. The highest BCUT2D eigenvalue weighted by Gasteiger charge is 1.95. The molecule has 0 aliphatic rings. The molecule has 0 saturated heterocycles. The van der Waals surface area contributed by atoms with Gasteiger partial charge in [-0.2, -0.15) is 4.21 Å². The van der Waals surface area contributed by atoms with E-state index in [-0.39, 0.29) is 11.5 Å². The van der Waals surface area contributed by atoms with Crippen molar-refractivity contribution in [1.82, 2.24) is 0 Å². The molecule has 0 unspecified atom stereocenters. The second kappa shape index (κ2) is 6.69. The van der Waals surface area contributed by atoms with Crippen LogP contribution in [0.3, 0.4) is 0 Å². The van der Waals surface area contributed by atoms with E-state index in [1.54, 1.807) is 24.3 Å². The quantitative estimate of drug-likeness (QED) is 0.710. The molecule has 0 amide bonds. The van der Waals surface area contributed by atoms with Gasteiger partial charge < -0.3 is 0 Å². The number of hydrogen-bond donors (Lipinski definition) is 1. The summed E-state index contributed by atoms with van der Waals surface area (Å²) in [6, 6.07) is 8.74. The molecular weight excluding hydrogens is 198 g/mol. The van der Waals surface area contributed by atoms with Crippen LogP contribution >= 0.6 is 11.6 Å². The minimum atomic E-state index is -0.407. The molecule has 1 aromatic carbocycles. The fourth-order valence-electron chi connectivity index (χ4n) is 0.569. The van der Waals surface area contributed by atoms with E-state index in [1.165, 1.54) is 0 Å². The number of carbonyl (C=O) groups excluding carboxylic acids is 1. The van der Waals surface area contributed by atoms with Gasteiger partial charge in [-0.25, -0.2) is 4.78 Å². The summed E-state index contributed by atoms with van der Waals surface area (Å²) in [5.41, 5.74) is 0.541.